The number of anilines is 1. The number of nitrogens with zero attached hydrogens (tertiary/aromatic N) is 2. The zero-order valence-electron chi connectivity index (χ0n) is 16.2. The molecule has 26 heavy (non-hydrogen) atoms. The van der Waals surface area contributed by atoms with Crippen LogP contribution in [0.2, 0.25) is 0 Å². The standard InChI is InChI=1S/C17H28N4O5/c1-21(2)15(22)11-19-17(18-7-8-23-3)20-12-9-13(24-4)16(26-6)14(10-12)25-5/h9-10H,7-8,11H2,1-6H3,(H2,18,19,20). The van der Waals surface area contributed by atoms with E-state index < -0.39 is 0 Å². The van der Waals surface area contributed by atoms with Crippen LogP contribution in [-0.4, -0.2) is 79.0 Å². The highest BCUT2D eigenvalue weighted by molar-refractivity contribution is 5.95. The van der Waals surface area contributed by atoms with Crippen LogP contribution >= 0.6 is 0 Å². The van der Waals surface area contributed by atoms with E-state index in [1.165, 1.54) is 4.90 Å². The Morgan fingerprint density at radius 2 is 1.69 bits per heavy atom. The molecule has 9 nitrogen and oxygen atoms in total. The fourth-order valence-electron chi connectivity index (χ4n) is 1.99. The molecule has 0 atom stereocenters. The van der Waals surface area contributed by atoms with Crippen molar-refractivity contribution in [3.8, 4) is 17.2 Å². The number of aliphatic imine (C=N–C) groups is 1. The van der Waals surface area contributed by atoms with Gasteiger partial charge in [0.1, 0.15) is 6.54 Å². The Hall–Kier alpha value is -2.68. The lowest BCUT2D eigenvalue weighted by atomic mass is 10.2. The predicted octanol–water partition coefficient (Wildman–Crippen LogP) is 0.805. The minimum absolute atomic E-state index is 0.0136. The van der Waals surface area contributed by atoms with Crippen LogP contribution in [0.15, 0.2) is 17.1 Å². The SMILES string of the molecule is COCCNC(=NCC(=O)N(C)C)Nc1cc(OC)c(OC)c(OC)c1. The van der Waals surface area contributed by atoms with Crippen molar-refractivity contribution in [2.75, 3.05) is 67.5 Å². The zero-order chi connectivity index (χ0) is 19.5. The van der Waals surface area contributed by atoms with E-state index in [0.29, 0.717) is 42.0 Å². The molecular weight excluding hydrogens is 340 g/mol. The van der Waals surface area contributed by atoms with Crippen LogP contribution in [0.5, 0.6) is 17.2 Å². The highest BCUT2D eigenvalue weighted by Crippen LogP contribution is 2.39. The number of guanidine groups is 1. The summed E-state index contributed by atoms with van der Waals surface area (Å²) in [6.07, 6.45) is 0. The third-order valence-corrected chi connectivity index (χ3v) is 3.40. The Labute approximate surface area is 154 Å². The fraction of sp³-hybridized carbons (Fsp3) is 0.529. The molecule has 0 aliphatic heterocycles. The van der Waals surface area contributed by atoms with Crippen molar-refractivity contribution >= 4 is 17.6 Å². The maximum Gasteiger partial charge on any atom is 0.243 e. The van der Waals surface area contributed by atoms with Gasteiger partial charge in [-0.05, 0) is 0 Å². The molecule has 0 radical (unpaired) electrons. The third kappa shape index (κ3) is 6.32. The summed E-state index contributed by atoms with van der Waals surface area (Å²) >= 11 is 0. The molecular formula is C17H28N4O5. The maximum absolute atomic E-state index is 11.8. The summed E-state index contributed by atoms with van der Waals surface area (Å²) in [5.41, 5.74) is 0.667. The molecule has 0 unspecified atom stereocenters. The minimum atomic E-state index is -0.109. The van der Waals surface area contributed by atoms with E-state index in [9.17, 15) is 4.79 Å². The van der Waals surface area contributed by atoms with Crippen LogP contribution in [0.1, 0.15) is 0 Å². The van der Waals surface area contributed by atoms with Crippen molar-refractivity contribution in [3.63, 3.8) is 0 Å². The lowest BCUT2D eigenvalue weighted by Gasteiger charge is -2.17. The minimum Gasteiger partial charge on any atom is -0.493 e. The van der Waals surface area contributed by atoms with E-state index in [-0.39, 0.29) is 12.5 Å². The molecule has 1 aromatic rings. The van der Waals surface area contributed by atoms with Gasteiger partial charge in [-0.1, -0.05) is 0 Å². The van der Waals surface area contributed by atoms with E-state index >= 15 is 0 Å². The van der Waals surface area contributed by atoms with Crippen LogP contribution in [0.25, 0.3) is 0 Å². The Morgan fingerprint density at radius 3 is 2.15 bits per heavy atom. The van der Waals surface area contributed by atoms with Crippen molar-refractivity contribution in [1.29, 1.82) is 0 Å². The van der Waals surface area contributed by atoms with E-state index in [2.05, 4.69) is 15.6 Å². The molecule has 0 saturated carbocycles. The molecule has 9 heteroatoms. The summed E-state index contributed by atoms with van der Waals surface area (Å²) in [5.74, 6) is 1.84. The lowest BCUT2D eigenvalue weighted by molar-refractivity contribution is -0.127. The monoisotopic (exact) mass is 368 g/mol. The summed E-state index contributed by atoms with van der Waals surface area (Å²) in [4.78, 5) is 17.6. The predicted molar refractivity (Wildman–Crippen MR) is 101 cm³/mol. The average molecular weight is 368 g/mol. The van der Waals surface area contributed by atoms with E-state index in [1.54, 1.807) is 54.7 Å². The first-order valence-electron chi connectivity index (χ1n) is 8.01. The van der Waals surface area contributed by atoms with E-state index in [0.717, 1.165) is 0 Å². The van der Waals surface area contributed by atoms with Crippen molar-refractivity contribution < 1.29 is 23.7 Å². The molecule has 1 aromatic carbocycles. The van der Waals surface area contributed by atoms with E-state index in [4.69, 9.17) is 18.9 Å². The van der Waals surface area contributed by atoms with Crippen LogP contribution < -0.4 is 24.8 Å². The highest BCUT2D eigenvalue weighted by Gasteiger charge is 2.14. The summed E-state index contributed by atoms with van der Waals surface area (Å²) in [5, 5.41) is 6.23. The molecule has 0 heterocycles. The third-order valence-electron chi connectivity index (χ3n) is 3.40. The quantitative estimate of drug-likeness (QED) is 0.378. The number of rotatable bonds is 9. The number of carbonyl (C=O) groups is 1. The Bertz CT molecular complexity index is 594. The maximum atomic E-state index is 11.8. The number of carbonyl (C=O) groups excluding carboxylic acids is 1. The van der Waals surface area contributed by atoms with Crippen molar-refractivity contribution in [3.05, 3.63) is 12.1 Å². The molecule has 0 aliphatic carbocycles. The van der Waals surface area contributed by atoms with Gasteiger partial charge in [0.15, 0.2) is 17.5 Å². The first-order chi connectivity index (χ1) is 12.5. The molecule has 0 aliphatic rings. The van der Waals surface area contributed by atoms with Gasteiger partial charge in [0, 0.05) is 45.6 Å². The fourth-order valence-corrected chi connectivity index (χ4v) is 1.99. The van der Waals surface area contributed by atoms with Gasteiger partial charge in [0.25, 0.3) is 0 Å². The molecule has 0 fully saturated rings. The number of nitrogens with one attached hydrogen (secondary N) is 2. The van der Waals surface area contributed by atoms with Crippen LogP contribution in [0, 0.1) is 0 Å². The topological polar surface area (TPSA) is 93.7 Å². The molecule has 1 amide bonds. The van der Waals surface area contributed by atoms with Gasteiger partial charge in [-0.25, -0.2) is 4.99 Å². The summed E-state index contributed by atoms with van der Waals surface area (Å²) in [7, 11) is 9.61. The largest absolute Gasteiger partial charge is 0.493 e. The summed E-state index contributed by atoms with van der Waals surface area (Å²) in [6, 6.07) is 3.51. The number of likely N-dealkylation sites (N-methyl/N-ethyl adjacent to an activating group) is 1. The second-order valence-corrected chi connectivity index (χ2v) is 5.41. The number of hydrogen-bond donors (Lipinski definition) is 2. The first kappa shape index (κ1) is 21.4. The molecule has 2 N–H and O–H groups in total. The smallest absolute Gasteiger partial charge is 0.243 e. The Kier molecular flexibility index (Phi) is 9.07. The summed E-state index contributed by atoms with van der Waals surface area (Å²) in [6.45, 7) is 1.04. The molecule has 0 spiro atoms. The number of benzene rings is 1. The van der Waals surface area contributed by atoms with Gasteiger partial charge in [0.2, 0.25) is 11.7 Å². The van der Waals surface area contributed by atoms with Gasteiger partial charge in [-0.3, -0.25) is 4.79 Å². The zero-order valence-corrected chi connectivity index (χ0v) is 16.2. The average Bonchev–Trinajstić information content (AvgIpc) is 2.64. The molecule has 0 saturated heterocycles. The van der Waals surface area contributed by atoms with Crippen LogP contribution in [-0.2, 0) is 9.53 Å². The van der Waals surface area contributed by atoms with Gasteiger partial charge >= 0.3 is 0 Å². The Balaban J connectivity index is 3.05. The van der Waals surface area contributed by atoms with Gasteiger partial charge in [0.05, 0.1) is 27.9 Å². The van der Waals surface area contributed by atoms with Gasteiger partial charge in [-0.2, -0.15) is 0 Å². The van der Waals surface area contributed by atoms with Crippen LogP contribution in [0.3, 0.4) is 0 Å². The van der Waals surface area contributed by atoms with Crippen molar-refractivity contribution in [1.82, 2.24) is 10.2 Å². The Morgan fingerprint density at radius 1 is 1.08 bits per heavy atom. The number of ether oxygens (including phenoxy) is 4. The van der Waals surface area contributed by atoms with Crippen molar-refractivity contribution in [2.24, 2.45) is 4.99 Å². The number of hydrogen-bond acceptors (Lipinski definition) is 6. The first-order valence-corrected chi connectivity index (χ1v) is 8.01. The second-order valence-electron chi connectivity index (χ2n) is 5.41. The van der Waals surface area contributed by atoms with Gasteiger partial charge in [-0.15, -0.1) is 0 Å². The second kappa shape index (κ2) is 11.0. The van der Waals surface area contributed by atoms with E-state index in [1.807, 2.05) is 0 Å². The number of amides is 1. The lowest BCUT2D eigenvalue weighted by Crippen LogP contribution is -2.35. The molecule has 0 bridgehead atoms. The summed E-state index contributed by atoms with van der Waals surface area (Å²) < 4.78 is 21.0. The highest BCUT2D eigenvalue weighted by atomic mass is 16.5. The molecule has 0 aromatic heterocycles. The normalized spacial score (nSPS) is 10.9. The van der Waals surface area contributed by atoms with Gasteiger partial charge < -0.3 is 34.5 Å². The molecule has 1 rings (SSSR count). The molecule has 146 valence electrons. The van der Waals surface area contributed by atoms with Crippen molar-refractivity contribution in [2.45, 2.75) is 0 Å². The van der Waals surface area contributed by atoms with Crippen LogP contribution in [0.4, 0.5) is 5.69 Å². The number of methoxy groups -OCH3 is 4.